The van der Waals surface area contributed by atoms with Gasteiger partial charge in [0.15, 0.2) is 0 Å². The highest BCUT2D eigenvalue weighted by Crippen LogP contribution is 1.42. The normalized spacial score (nSPS) is 5.79. The van der Waals surface area contributed by atoms with Crippen molar-refractivity contribution in [3.05, 3.63) is 6.92 Å². The van der Waals surface area contributed by atoms with E-state index >= 15 is 0 Å². The van der Waals surface area contributed by atoms with Crippen LogP contribution in [0.25, 0.3) is 0 Å². The van der Waals surface area contributed by atoms with Gasteiger partial charge in [0.1, 0.15) is 0 Å². The van der Waals surface area contributed by atoms with Crippen molar-refractivity contribution in [3.8, 4) is 0 Å². The molecule has 0 aromatic carbocycles. The quantitative estimate of drug-likeness (QED) is 0.551. The third-order valence-corrected chi connectivity index (χ3v) is 0. The number of carbonyl (C=O) groups is 3. The van der Waals surface area contributed by atoms with E-state index in [2.05, 4.69) is 6.92 Å². The molecule has 0 aliphatic rings. The minimum atomic E-state index is -0.833. The molecule has 0 heterocycles. The molecular weight excluding hydrogens is 192 g/mol. The first-order valence-electron chi connectivity index (χ1n) is 3.49. The molecule has 0 saturated carbocycles. The average Bonchev–Trinajstić information content (AvgIpc) is 1.86. The molecule has 0 aromatic rings. The van der Waals surface area contributed by atoms with Gasteiger partial charge in [-0.15, -0.1) is 0 Å². The van der Waals surface area contributed by atoms with Crippen LogP contribution in [-0.2, 0) is 14.4 Å². The molecule has 0 unspecified atom stereocenters. The summed E-state index contributed by atoms with van der Waals surface area (Å²) in [5.74, 6) is -2.50. The van der Waals surface area contributed by atoms with Crippen LogP contribution in [0.1, 0.15) is 27.7 Å². The fourth-order valence-electron chi connectivity index (χ4n) is 0. The highest BCUT2D eigenvalue weighted by molar-refractivity contribution is 5.63. The Morgan fingerprint density at radius 1 is 0.714 bits per heavy atom. The van der Waals surface area contributed by atoms with E-state index in [1.165, 1.54) is 0 Å². The van der Waals surface area contributed by atoms with E-state index in [-0.39, 0.29) is 0 Å². The molecule has 0 amide bonds. The minimum Gasteiger partial charge on any atom is -0.481 e. The maximum absolute atomic E-state index is 9.00. The van der Waals surface area contributed by atoms with Gasteiger partial charge in [0, 0.05) is 20.8 Å². The Labute approximate surface area is 83.2 Å². The molecule has 0 aliphatic heterocycles. The molecule has 0 bridgehead atoms. The van der Waals surface area contributed by atoms with E-state index in [1.54, 1.807) is 6.92 Å². The monoisotopic (exact) mass is 209 g/mol. The number of aliphatic carboxylic acids is 3. The van der Waals surface area contributed by atoms with Crippen molar-refractivity contribution in [2.45, 2.75) is 27.7 Å². The molecule has 1 radical (unpaired) electrons. The van der Waals surface area contributed by atoms with Crippen LogP contribution >= 0.6 is 0 Å². The summed E-state index contributed by atoms with van der Waals surface area (Å²) >= 11 is 0. The predicted octanol–water partition coefficient (Wildman–Crippen LogP) is 1.11. The SMILES string of the molecule is CC(=O)O.CC(=O)O.CC(=O)O.[CH2]C. The van der Waals surface area contributed by atoms with Crippen molar-refractivity contribution in [2.24, 2.45) is 0 Å². The lowest BCUT2D eigenvalue weighted by Crippen LogP contribution is -1.78. The van der Waals surface area contributed by atoms with Gasteiger partial charge in [-0.2, -0.15) is 0 Å². The van der Waals surface area contributed by atoms with Crippen molar-refractivity contribution < 1.29 is 29.7 Å². The Bertz CT molecular complexity index is 111. The van der Waals surface area contributed by atoms with Crippen LogP contribution in [0.4, 0.5) is 0 Å². The summed E-state index contributed by atoms with van der Waals surface area (Å²) in [6.07, 6.45) is 0. The third-order valence-electron chi connectivity index (χ3n) is 0. The second-order valence-corrected chi connectivity index (χ2v) is 1.56. The Kier molecular flexibility index (Phi) is 36.7. The number of rotatable bonds is 0. The van der Waals surface area contributed by atoms with Gasteiger partial charge in [-0.1, -0.05) is 13.8 Å². The number of hydrogen-bond acceptors (Lipinski definition) is 3. The van der Waals surface area contributed by atoms with Crippen molar-refractivity contribution in [2.75, 3.05) is 0 Å². The highest BCUT2D eigenvalue weighted by Gasteiger charge is 1.66. The fraction of sp³-hybridized carbons (Fsp3) is 0.500. The molecule has 0 atom stereocenters. The largest absolute Gasteiger partial charge is 0.481 e. The number of carboxylic acids is 3. The van der Waals surface area contributed by atoms with Gasteiger partial charge in [0.2, 0.25) is 0 Å². The first-order valence-corrected chi connectivity index (χ1v) is 3.49. The van der Waals surface area contributed by atoms with Crippen molar-refractivity contribution in [3.63, 3.8) is 0 Å². The lowest BCUT2D eigenvalue weighted by molar-refractivity contribution is -0.135. The summed E-state index contributed by atoms with van der Waals surface area (Å²) < 4.78 is 0. The molecule has 0 aromatic heterocycles. The molecule has 0 saturated heterocycles. The Hall–Kier alpha value is -1.59. The molecule has 0 aliphatic carbocycles. The third kappa shape index (κ3) is 365. The van der Waals surface area contributed by atoms with Crippen molar-refractivity contribution in [1.82, 2.24) is 0 Å². The van der Waals surface area contributed by atoms with Gasteiger partial charge in [-0.05, 0) is 0 Å². The molecule has 85 valence electrons. The van der Waals surface area contributed by atoms with Crippen LogP contribution in [0.2, 0.25) is 0 Å². The van der Waals surface area contributed by atoms with Gasteiger partial charge < -0.3 is 15.3 Å². The first-order chi connectivity index (χ1) is 6.20. The molecule has 6 nitrogen and oxygen atoms in total. The van der Waals surface area contributed by atoms with Crippen LogP contribution in [0.5, 0.6) is 0 Å². The summed E-state index contributed by atoms with van der Waals surface area (Å²) in [6.45, 7) is 8.25. The lowest BCUT2D eigenvalue weighted by Gasteiger charge is -1.59. The zero-order valence-corrected chi connectivity index (χ0v) is 8.77. The molecule has 0 spiro atoms. The Morgan fingerprint density at radius 2 is 0.714 bits per heavy atom. The summed E-state index contributed by atoms with van der Waals surface area (Å²) in [4.78, 5) is 27.0. The topological polar surface area (TPSA) is 112 Å². The highest BCUT2D eigenvalue weighted by atomic mass is 16.4. The average molecular weight is 209 g/mol. The van der Waals surface area contributed by atoms with Crippen LogP contribution in [0, 0.1) is 6.92 Å². The van der Waals surface area contributed by atoms with Crippen LogP contribution in [0.3, 0.4) is 0 Å². The van der Waals surface area contributed by atoms with Crippen molar-refractivity contribution >= 4 is 17.9 Å². The summed E-state index contributed by atoms with van der Waals surface area (Å²) in [5.41, 5.74) is 0. The number of hydrogen-bond donors (Lipinski definition) is 3. The van der Waals surface area contributed by atoms with E-state index in [0.717, 1.165) is 20.8 Å². The second-order valence-electron chi connectivity index (χ2n) is 1.56. The van der Waals surface area contributed by atoms with Crippen LogP contribution in [0.15, 0.2) is 0 Å². The fourth-order valence-corrected chi connectivity index (χ4v) is 0. The zero-order chi connectivity index (χ0) is 12.7. The van der Waals surface area contributed by atoms with Gasteiger partial charge in [-0.25, -0.2) is 0 Å². The number of carboxylic acid groups (broad SMARTS) is 3. The molecule has 6 heteroatoms. The second kappa shape index (κ2) is 22.5. The van der Waals surface area contributed by atoms with Gasteiger partial charge >= 0.3 is 0 Å². The summed E-state index contributed by atoms with van der Waals surface area (Å²) in [5, 5.41) is 22.2. The van der Waals surface area contributed by atoms with Crippen LogP contribution in [-0.4, -0.2) is 33.2 Å². The summed E-state index contributed by atoms with van der Waals surface area (Å²) in [6, 6.07) is 0. The van der Waals surface area contributed by atoms with Gasteiger partial charge in [0.05, 0.1) is 0 Å². The van der Waals surface area contributed by atoms with Gasteiger partial charge in [0.25, 0.3) is 17.9 Å². The molecular formula is C8H17O6. The Balaban J connectivity index is -0.0000000492. The van der Waals surface area contributed by atoms with Gasteiger partial charge in [-0.3, -0.25) is 14.4 Å². The van der Waals surface area contributed by atoms with Crippen molar-refractivity contribution in [1.29, 1.82) is 0 Å². The molecule has 0 fully saturated rings. The lowest BCUT2D eigenvalue weighted by atomic mass is 10.9. The molecule has 3 N–H and O–H groups in total. The summed E-state index contributed by atoms with van der Waals surface area (Å²) in [7, 11) is 0. The van der Waals surface area contributed by atoms with Crippen LogP contribution < -0.4 is 0 Å². The standard InChI is InChI=1S/3C2H4O2.C2H5/c3*1-2(3)4;1-2/h3*1H3,(H,3,4);1H2,2H3. The molecule has 14 heavy (non-hydrogen) atoms. The predicted molar refractivity (Wildman–Crippen MR) is 51.0 cm³/mol. The maximum atomic E-state index is 9.00. The molecule has 0 rings (SSSR count). The van der Waals surface area contributed by atoms with E-state index in [9.17, 15) is 0 Å². The van der Waals surface area contributed by atoms with E-state index in [1.807, 2.05) is 0 Å². The first kappa shape index (κ1) is 22.8. The van der Waals surface area contributed by atoms with E-state index in [4.69, 9.17) is 29.7 Å². The minimum absolute atomic E-state index is 0.833. The van der Waals surface area contributed by atoms with E-state index < -0.39 is 17.9 Å². The zero-order valence-electron chi connectivity index (χ0n) is 8.77. The maximum Gasteiger partial charge on any atom is 0.300 e. The smallest absolute Gasteiger partial charge is 0.300 e. The van der Waals surface area contributed by atoms with E-state index in [0.29, 0.717) is 0 Å². The Morgan fingerprint density at radius 3 is 0.714 bits per heavy atom.